The molecule has 0 spiro atoms. The molecule has 3 aromatic rings. The second-order valence-electron chi connectivity index (χ2n) is 4.90. The predicted molar refractivity (Wildman–Crippen MR) is 90.1 cm³/mol. The van der Waals surface area contributed by atoms with Gasteiger partial charge in [-0.05, 0) is 30.3 Å². The number of aromatic hydroxyl groups is 1. The molecule has 1 N–H and O–H groups in total. The van der Waals surface area contributed by atoms with Gasteiger partial charge in [-0.25, -0.2) is 4.79 Å². The number of ether oxygens (including phenoxy) is 2. The summed E-state index contributed by atoms with van der Waals surface area (Å²) in [6.45, 7) is 0. The molecule has 1 heterocycles. The van der Waals surface area contributed by atoms with Gasteiger partial charge >= 0.3 is 11.7 Å². The van der Waals surface area contributed by atoms with Crippen molar-refractivity contribution in [3.8, 4) is 17.2 Å². The largest absolute Gasteiger partial charge is 0.617 e. The van der Waals surface area contributed by atoms with E-state index in [1.807, 2.05) is 18.2 Å². The summed E-state index contributed by atoms with van der Waals surface area (Å²) in [5, 5.41) is 23.2. The quantitative estimate of drug-likeness (QED) is 0.320. The molecule has 24 heavy (non-hydrogen) atoms. The summed E-state index contributed by atoms with van der Waals surface area (Å²) < 4.78 is 10.6. The number of esters is 1. The highest BCUT2D eigenvalue weighted by molar-refractivity contribution is 9.10. The molecule has 2 aromatic carbocycles. The van der Waals surface area contributed by atoms with Crippen molar-refractivity contribution in [2.45, 2.75) is 0 Å². The van der Waals surface area contributed by atoms with Gasteiger partial charge in [0, 0.05) is 21.3 Å². The molecule has 0 radical (unpaired) electrons. The first kappa shape index (κ1) is 16.1. The van der Waals surface area contributed by atoms with Crippen molar-refractivity contribution in [2.24, 2.45) is 0 Å². The SMILES string of the molecule is COC(=O)c1c(O)c2ccc(Oc3ccccc3)cc2c(Br)[n+]1[O-]. The third-order valence-electron chi connectivity index (χ3n) is 3.43. The fourth-order valence-corrected chi connectivity index (χ4v) is 2.80. The van der Waals surface area contributed by atoms with Crippen LogP contribution < -0.4 is 9.47 Å². The highest BCUT2D eigenvalue weighted by Gasteiger charge is 2.29. The second-order valence-corrected chi connectivity index (χ2v) is 5.65. The minimum atomic E-state index is -0.922. The van der Waals surface area contributed by atoms with E-state index in [-0.39, 0.29) is 9.33 Å². The van der Waals surface area contributed by atoms with Gasteiger partial charge < -0.3 is 19.8 Å². The molecule has 3 rings (SSSR count). The van der Waals surface area contributed by atoms with Gasteiger partial charge in [0.05, 0.1) is 12.5 Å². The molecule has 0 atom stereocenters. The van der Waals surface area contributed by atoms with Crippen molar-refractivity contribution in [1.29, 1.82) is 0 Å². The Morgan fingerprint density at radius 2 is 1.83 bits per heavy atom. The Bertz CT molecular complexity index is 927. The number of carbonyl (C=O) groups excluding carboxylic acids is 1. The summed E-state index contributed by atoms with van der Waals surface area (Å²) in [5.74, 6) is -0.242. The molecule has 0 saturated carbocycles. The Morgan fingerprint density at radius 3 is 2.50 bits per heavy atom. The van der Waals surface area contributed by atoms with Crippen LogP contribution in [0.15, 0.2) is 53.1 Å². The van der Waals surface area contributed by atoms with Crippen LogP contribution in [0.3, 0.4) is 0 Å². The van der Waals surface area contributed by atoms with Gasteiger partial charge in [-0.2, -0.15) is 0 Å². The highest BCUT2D eigenvalue weighted by Crippen LogP contribution is 2.34. The first-order valence-electron chi connectivity index (χ1n) is 6.92. The fourth-order valence-electron chi connectivity index (χ4n) is 2.30. The van der Waals surface area contributed by atoms with Gasteiger partial charge in [-0.3, -0.25) is 0 Å². The molecule has 7 heteroatoms. The summed E-state index contributed by atoms with van der Waals surface area (Å²) >= 11 is 3.16. The minimum Gasteiger partial charge on any atom is -0.617 e. The standard InChI is InChI=1S/C17H12BrNO5/c1-23-17(21)14-15(20)12-8-7-11(9-13(12)16(18)19(14)22)24-10-5-3-2-4-6-10/h2-9,20H,1H3. The maximum absolute atomic E-state index is 12.2. The maximum atomic E-state index is 12.2. The van der Waals surface area contributed by atoms with Crippen LogP contribution in [0.1, 0.15) is 10.5 Å². The van der Waals surface area contributed by atoms with Crippen molar-refractivity contribution in [1.82, 2.24) is 0 Å². The second kappa shape index (κ2) is 6.37. The molecule has 122 valence electrons. The Labute approximate surface area is 145 Å². The van der Waals surface area contributed by atoms with Gasteiger partial charge in [-0.15, -0.1) is 4.73 Å². The molecule has 0 aliphatic heterocycles. The molecule has 1 aromatic heterocycles. The van der Waals surface area contributed by atoms with Crippen LogP contribution >= 0.6 is 15.9 Å². The number of para-hydroxylation sites is 1. The Kier molecular flexibility index (Phi) is 4.26. The first-order chi connectivity index (χ1) is 11.5. The summed E-state index contributed by atoms with van der Waals surface area (Å²) in [6.07, 6.45) is 0. The maximum Gasteiger partial charge on any atom is 0.408 e. The molecule has 0 saturated heterocycles. The summed E-state index contributed by atoms with van der Waals surface area (Å²) in [6, 6.07) is 13.9. The van der Waals surface area contributed by atoms with E-state index in [1.54, 1.807) is 30.3 Å². The minimum absolute atomic E-state index is 0.0780. The fraction of sp³-hybridized carbons (Fsp3) is 0.0588. The van der Waals surface area contributed by atoms with E-state index in [0.717, 1.165) is 7.11 Å². The van der Waals surface area contributed by atoms with Crippen LogP contribution in [0.25, 0.3) is 10.8 Å². The topological polar surface area (TPSA) is 82.7 Å². The van der Waals surface area contributed by atoms with Gasteiger partial charge in [-0.1, -0.05) is 18.2 Å². The van der Waals surface area contributed by atoms with Crippen molar-refractivity contribution < 1.29 is 24.1 Å². The summed E-state index contributed by atoms with van der Waals surface area (Å²) in [7, 11) is 1.14. The summed E-state index contributed by atoms with van der Waals surface area (Å²) in [5.41, 5.74) is -0.478. The molecule has 0 aliphatic carbocycles. The van der Waals surface area contributed by atoms with Crippen molar-refractivity contribution in [3.05, 3.63) is 64.0 Å². The van der Waals surface area contributed by atoms with Crippen LogP contribution in [-0.2, 0) is 4.74 Å². The molecule has 0 fully saturated rings. The Morgan fingerprint density at radius 1 is 1.12 bits per heavy atom. The average Bonchev–Trinajstić information content (AvgIpc) is 2.60. The van der Waals surface area contributed by atoms with Crippen LogP contribution in [0.5, 0.6) is 17.2 Å². The van der Waals surface area contributed by atoms with Crippen LogP contribution in [0.4, 0.5) is 0 Å². The van der Waals surface area contributed by atoms with Crippen LogP contribution in [0, 0.1) is 5.21 Å². The van der Waals surface area contributed by atoms with E-state index in [9.17, 15) is 15.1 Å². The number of hydrogen-bond acceptors (Lipinski definition) is 5. The van der Waals surface area contributed by atoms with Crippen molar-refractivity contribution >= 4 is 32.7 Å². The van der Waals surface area contributed by atoms with Gasteiger partial charge in [0.2, 0.25) is 5.75 Å². The molecule has 0 aliphatic rings. The predicted octanol–water partition coefficient (Wildman–Crippen LogP) is 3.52. The van der Waals surface area contributed by atoms with E-state index >= 15 is 0 Å². The number of halogens is 1. The van der Waals surface area contributed by atoms with Gasteiger partial charge in [0.25, 0.3) is 4.60 Å². The van der Waals surface area contributed by atoms with E-state index in [4.69, 9.17) is 4.74 Å². The number of nitrogens with zero attached hydrogens (tertiary/aromatic N) is 1. The molecular formula is C17H12BrNO5. The molecule has 0 unspecified atom stereocenters. The van der Waals surface area contributed by atoms with E-state index in [2.05, 4.69) is 20.7 Å². The zero-order valence-corrected chi connectivity index (χ0v) is 14.1. The lowest BCUT2D eigenvalue weighted by Crippen LogP contribution is -2.37. The third-order valence-corrected chi connectivity index (χ3v) is 4.18. The number of pyridine rings is 1. The first-order valence-corrected chi connectivity index (χ1v) is 7.71. The Balaban J connectivity index is 2.14. The number of benzene rings is 2. The van der Waals surface area contributed by atoms with Crippen molar-refractivity contribution in [3.63, 3.8) is 0 Å². The van der Waals surface area contributed by atoms with Crippen LogP contribution in [-0.4, -0.2) is 18.2 Å². The van der Waals surface area contributed by atoms with E-state index < -0.39 is 17.4 Å². The van der Waals surface area contributed by atoms with Gasteiger partial charge in [0.15, 0.2) is 0 Å². The number of carbonyl (C=O) groups is 1. The lowest BCUT2D eigenvalue weighted by molar-refractivity contribution is -0.618. The molecule has 6 nitrogen and oxygen atoms in total. The van der Waals surface area contributed by atoms with E-state index in [0.29, 0.717) is 22.3 Å². The molecular weight excluding hydrogens is 378 g/mol. The molecule has 0 bridgehead atoms. The van der Waals surface area contributed by atoms with E-state index in [1.165, 1.54) is 0 Å². The number of methoxy groups -OCH3 is 1. The third kappa shape index (κ3) is 2.74. The number of aromatic nitrogens is 1. The number of hydrogen-bond donors (Lipinski definition) is 1. The average molecular weight is 390 g/mol. The number of rotatable bonds is 3. The van der Waals surface area contributed by atoms with Crippen LogP contribution in [0.2, 0.25) is 0 Å². The zero-order valence-electron chi connectivity index (χ0n) is 12.5. The highest BCUT2D eigenvalue weighted by atomic mass is 79.9. The Hall–Kier alpha value is -2.80. The lowest BCUT2D eigenvalue weighted by Gasteiger charge is -2.11. The molecule has 0 amide bonds. The monoisotopic (exact) mass is 389 g/mol. The smallest absolute Gasteiger partial charge is 0.408 e. The van der Waals surface area contributed by atoms with Crippen molar-refractivity contribution in [2.75, 3.05) is 7.11 Å². The summed E-state index contributed by atoms with van der Waals surface area (Å²) in [4.78, 5) is 11.7. The lowest BCUT2D eigenvalue weighted by atomic mass is 10.1. The normalized spacial score (nSPS) is 10.6. The van der Waals surface area contributed by atoms with Gasteiger partial charge in [0.1, 0.15) is 11.5 Å². The zero-order chi connectivity index (χ0) is 17.3. The number of fused-ring (bicyclic) bond motifs is 1.